The Bertz CT molecular complexity index is 1240. The zero-order chi connectivity index (χ0) is 21.0. The van der Waals surface area contributed by atoms with E-state index in [1.165, 1.54) is 11.1 Å². The molecule has 0 radical (unpaired) electrons. The fourth-order valence-corrected chi connectivity index (χ4v) is 3.89. The molecule has 0 aliphatic rings. The lowest BCUT2D eigenvalue weighted by molar-refractivity contribution is 0.319. The van der Waals surface area contributed by atoms with E-state index in [9.17, 15) is 0 Å². The summed E-state index contributed by atoms with van der Waals surface area (Å²) in [5, 5.41) is 6.00. The lowest BCUT2D eigenvalue weighted by atomic mass is 10.1. The van der Waals surface area contributed by atoms with Crippen molar-refractivity contribution >= 4 is 11.0 Å². The highest BCUT2D eigenvalue weighted by atomic mass is 16.3. The Morgan fingerprint density at radius 3 is 2.52 bits per heavy atom. The number of hydrogen-bond donors (Lipinski definition) is 0. The first-order chi connectivity index (χ1) is 15.2. The molecular formula is C26H24N4O. The Labute approximate surface area is 181 Å². The molecule has 0 atom stereocenters. The summed E-state index contributed by atoms with van der Waals surface area (Å²) in [4.78, 5) is 6.50. The van der Waals surface area contributed by atoms with Crippen LogP contribution in [0.3, 0.4) is 0 Å². The van der Waals surface area contributed by atoms with Crippen LogP contribution in [-0.2, 0) is 19.6 Å². The van der Waals surface area contributed by atoms with Crippen LogP contribution in [0.15, 0.2) is 95.8 Å². The maximum atomic E-state index is 6.15. The number of benzene rings is 2. The largest absolute Gasteiger partial charge is 0.454 e. The van der Waals surface area contributed by atoms with Gasteiger partial charge in [0.1, 0.15) is 11.3 Å². The van der Waals surface area contributed by atoms with E-state index >= 15 is 0 Å². The molecule has 5 aromatic rings. The molecule has 0 aliphatic carbocycles. The molecule has 0 N–H and O–H groups in total. The number of pyridine rings is 1. The minimum Gasteiger partial charge on any atom is -0.454 e. The van der Waals surface area contributed by atoms with Crippen LogP contribution in [-0.4, -0.2) is 26.7 Å². The highest BCUT2D eigenvalue weighted by Gasteiger charge is 2.17. The Hall–Kier alpha value is -3.70. The molecule has 5 heteroatoms. The second kappa shape index (κ2) is 8.58. The average molecular weight is 409 g/mol. The summed E-state index contributed by atoms with van der Waals surface area (Å²) in [5.74, 6) is 0.804. The fraction of sp³-hybridized carbons (Fsp3) is 0.154. The van der Waals surface area contributed by atoms with Gasteiger partial charge in [0.2, 0.25) is 0 Å². The third-order valence-electron chi connectivity index (χ3n) is 5.30. The first-order valence-corrected chi connectivity index (χ1v) is 10.4. The van der Waals surface area contributed by atoms with Crippen LogP contribution in [0.1, 0.15) is 16.7 Å². The molecule has 154 valence electrons. The quantitative estimate of drug-likeness (QED) is 0.363. The summed E-state index contributed by atoms with van der Waals surface area (Å²) in [7, 11) is 2.12. The normalized spacial score (nSPS) is 11.4. The van der Waals surface area contributed by atoms with Gasteiger partial charge in [-0.2, -0.15) is 5.10 Å². The van der Waals surface area contributed by atoms with Crippen molar-refractivity contribution in [1.29, 1.82) is 0 Å². The molecule has 0 bridgehead atoms. The number of rotatable bonds is 7. The molecule has 0 saturated carbocycles. The zero-order valence-corrected chi connectivity index (χ0v) is 17.5. The Morgan fingerprint density at radius 2 is 1.71 bits per heavy atom. The first kappa shape index (κ1) is 19.3. The average Bonchev–Trinajstić information content (AvgIpc) is 3.38. The van der Waals surface area contributed by atoms with Gasteiger partial charge < -0.3 is 4.42 Å². The van der Waals surface area contributed by atoms with Crippen molar-refractivity contribution in [1.82, 2.24) is 19.7 Å². The standard InChI is InChI=1S/C26H24N4O/c1-29(16-21-10-7-13-27-15-21)18-23-19-30(17-20-8-3-2-4-9-20)28-26(23)25-14-22-11-5-6-12-24(22)31-25/h2-15,19H,16-18H2,1H3. The van der Waals surface area contributed by atoms with E-state index in [4.69, 9.17) is 9.52 Å². The summed E-state index contributed by atoms with van der Waals surface area (Å²) in [5.41, 5.74) is 5.32. The van der Waals surface area contributed by atoms with E-state index in [2.05, 4.69) is 65.6 Å². The van der Waals surface area contributed by atoms with Gasteiger partial charge in [0.25, 0.3) is 0 Å². The Kier molecular flexibility index (Phi) is 5.33. The molecule has 2 aromatic carbocycles. The van der Waals surface area contributed by atoms with Crippen LogP contribution in [0.25, 0.3) is 22.4 Å². The number of nitrogens with zero attached hydrogens (tertiary/aromatic N) is 4. The molecule has 5 rings (SSSR count). The summed E-state index contributed by atoms with van der Waals surface area (Å²) in [6.07, 6.45) is 5.85. The van der Waals surface area contributed by atoms with Gasteiger partial charge in [0, 0.05) is 42.6 Å². The van der Waals surface area contributed by atoms with E-state index in [0.29, 0.717) is 0 Å². The van der Waals surface area contributed by atoms with Crippen LogP contribution in [0.4, 0.5) is 0 Å². The van der Waals surface area contributed by atoms with Crippen molar-refractivity contribution in [3.05, 3.63) is 108 Å². The second-order valence-corrected chi connectivity index (χ2v) is 7.87. The van der Waals surface area contributed by atoms with Crippen molar-refractivity contribution in [3.8, 4) is 11.5 Å². The van der Waals surface area contributed by atoms with E-state index in [0.717, 1.165) is 47.6 Å². The lowest BCUT2D eigenvalue weighted by Crippen LogP contribution is -2.17. The lowest BCUT2D eigenvalue weighted by Gasteiger charge is -2.16. The molecule has 0 aliphatic heterocycles. The topological polar surface area (TPSA) is 47.1 Å². The smallest absolute Gasteiger partial charge is 0.156 e. The summed E-state index contributed by atoms with van der Waals surface area (Å²) in [6.45, 7) is 2.30. The monoisotopic (exact) mass is 408 g/mol. The molecule has 0 fully saturated rings. The van der Waals surface area contributed by atoms with E-state index in [1.54, 1.807) is 6.20 Å². The van der Waals surface area contributed by atoms with Gasteiger partial charge in [0.05, 0.1) is 6.54 Å². The van der Waals surface area contributed by atoms with Crippen LogP contribution >= 0.6 is 0 Å². The highest BCUT2D eigenvalue weighted by Crippen LogP contribution is 2.30. The third-order valence-corrected chi connectivity index (χ3v) is 5.30. The minimum atomic E-state index is 0.723. The van der Waals surface area contributed by atoms with Gasteiger partial charge in [0.15, 0.2) is 5.76 Å². The van der Waals surface area contributed by atoms with E-state index < -0.39 is 0 Å². The van der Waals surface area contributed by atoms with E-state index in [-0.39, 0.29) is 0 Å². The van der Waals surface area contributed by atoms with Gasteiger partial charge in [-0.1, -0.05) is 54.6 Å². The molecule has 0 unspecified atom stereocenters. The number of aromatic nitrogens is 3. The van der Waals surface area contributed by atoms with Crippen molar-refractivity contribution in [2.75, 3.05) is 7.05 Å². The van der Waals surface area contributed by atoms with Crippen LogP contribution in [0.2, 0.25) is 0 Å². The Balaban J connectivity index is 1.47. The van der Waals surface area contributed by atoms with E-state index in [1.807, 2.05) is 41.2 Å². The molecule has 0 saturated heterocycles. The molecular weight excluding hydrogens is 384 g/mol. The van der Waals surface area contributed by atoms with Gasteiger partial charge in [-0.25, -0.2) is 0 Å². The zero-order valence-electron chi connectivity index (χ0n) is 17.5. The van der Waals surface area contributed by atoms with Gasteiger partial charge in [-0.3, -0.25) is 14.6 Å². The highest BCUT2D eigenvalue weighted by molar-refractivity contribution is 5.82. The van der Waals surface area contributed by atoms with Crippen molar-refractivity contribution in [2.45, 2.75) is 19.6 Å². The second-order valence-electron chi connectivity index (χ2n) is 7.87. The SMILES string of the molecule is CN(Cc1cccnc1)Cc1cn(Cc2ccccc2)nc1-c1cc2ccccc2o1. The van der Waals surface area contributed by atoms with Crippen molar-refractivity contribution in [3.63, 3.8) is 0 Å². The van der Waals surface area contributed by atoms with Crippen LogP contribution < -0.4 is 0 Å². The van der Waals surface area contributed by atoms with Crippen molar-refractivity contribution < 1.29 is 4.42 Å². The molecule has 31 heavy (non-hydrogen) atoms. The third kappa shape index (κ3) is 4.42. The molecule has 0 amide bonds. The predicted molar refractivity (Wildman–Crippen MR) is 122 cm³/mol. The number of para-hydroxylation sites is 1. The van der Waals surface area contributed by atoms with Crippen molar-refractivity contribution in [2.24, 2.45) is 0 Å². The molecule has 3 heterocycles. The predicted octanol–water partition coefficient (Wildman–Crippen LogP) is 5.37. The molecule has 5 nitrogen and oxygen atoms in total. The van der Waals surface area contributed by atoms with Crippen LogP contribution in [0.5, 0.6) is 0 Å². The number of hydrogen-bond acceptors (Lipinski definition) is 4. The van der Waals surface area contributed by atoms with Gasteiger partial charge >= 0.3 is 0 Å². The maximum Gasteiger partial charge on any atom is 0.156 e. The fourth-order valence-electron chi connectivity index (χ4n) is 3.89. The minimum absolute atomic E-state index is 0.723. The molecule has 3 aromatic heterocycles. The summed E-state index contributed by atoms with van der Waals surface area (Å²) < 4.78 is 8.16. The number of furan rings is 1. The summed E-state index contributed by atoms with van der Waals surface area (Å²) in [6, 6.07) is 24.6. The van der Waals surface area contributed by atoms with Crippen LogP contribution in [0, 0.1) is 0 Å². The van der Waals surface area contributed by atoms with Gasteiger partial charge in [-0.05, 0) is 36.4 Å². The maximum absolute atomic E-state index is 6.15. The summed E-state index contributed by atoms with van der Waals surface area (Å²) >= 11 is 0. The number of fused-ring (bicyclic) bond motifs is 1. The first-order valence-electron chi connectivity index (χ1n) is 10.4. The Morgan fingerprint density at radius 1 is 0.903 bits per heavy atom. The van der Waals surface area contributed by atoms with Gasteiger partial charge in [-0.15, -0.1) is 0 Å². The molecule has 0 spiro atoms.